The van der Waals surface area contributed by atoms with E-state index in [2.05, 4.69) is 0 Å². The number of hydrogen-bond donors (Lipinski definition) is 0. The Morgan fingerprint density at radius 3 is 1.44 bits per heavy atom. The van der Waals surface area contributed by atoms with Crippen LogP contribution < -0.4 is 0 Å². The summed E-state index contributed by atoms with van der Waals surface area (Å²) < 4.78 is 0. The summed E-state index contributed by atoms with van der Waals surface area (Å²) in [7, 11) is 0. The lowest BCUT2D eigenvalue weighted by Gasteiger charge is -2.35. The second-order valence-corrected chi connectivity index (χ2v) is 6.93. The third-order valence-corrected chi connectivity index (χ3v) is 5.16. The summed E-state index contributed by atoms with van der Waals surface area (Å²) in [4.78, 5) is 25.7. The first-order valence-corrected chi connectivity index (χ1v) is 8.80. The zero-order valence-corrected chi connectivity index (χ0v) is 14.0. The van der Waals surface area contributed by atoms with Gasteiger partial charge in [0.25, 0.3) is 0 Å². The van der Waals surface area contributed by atoms with Crippen molar-refractivity contribution in [3.8, 4) is 0 Å². The Morgan fingerprint density at radius 2 is 1.04 bits per heavy atom. The van der Waals surface area contributed by atoms with E-state index in [0.29, 0.717) is 19.3 Å². The van der Waals surface area contributed by atoms with Gasteiger partial charge in [-0.05, 0) is 53.7 Å². The highest BCUT2D eigenvalue weighted by Crippen LogP contribution is 2.41. The van der Waals surface area contributed by atoms with Gasteiger partial charge in [-0.3, -0.25) is 9.59 Å². The molecule has 2 aromatic carbocycles. The minimum Gasteiger partial charge on any atom is -0.294 e. The van der Waals surface area contributed by atoms with Crippen LogP contribution in [0.4, 0.5) is 0 Å². The van der Waals surface area contributed by atoms with Gasteiger partial charge >= 0.3 is 0 Å². The first kappa shape index (κ1) is 15.8. The molecule has 2 nitrogen and oxygen atoms in total. The summed E-state index contributed by atoms with van der Waals surface area (Å²) in [5, 5.41) is 0. The van der Waals surface area contributed by atoms with Gasteiger partial charge in [0.1, 0.15) is 0 Å². The van der Waals surface area contributed by atoms with Gasteiger partial charge in [0.05, 0.1) is 0 Å². The zero-order valence-electron chi connectivity index (χ0n) is 14.0. The average molecular weight is 328 g/mol. The summed E-state index contributed by atoms with van der Waals surface area (Å²) >= 11 is 0. The molecule has 0 amide bonds. The summed E-state index contributed by atoms with van der Waals surface area (Å²) in [5.74, 6) is 0.320. The van der Waals surface area contributed by atoms with Crippen LogP contribution in [0.5, 0.6) is 0 Å². The summed E-state index contributed by atoms with van der Waals surface area (Å²) in [5.41, 5.74) is 3.66. The summed E-state index contributed by atoms with van der Waals surface area (Å²) in [6, 6.07) is 19.8. The lowest BCUT2D eigenvalue weighted by atomic mass is 9.66. The predicted octanol–water partition coefficient (Wildman–Crippen LogP) is 4.72. The second-order valence-electron chi connectivity index (χ2n) is 6.93. The molecule has 25 heavy (non-hydrogen) atoms. The maximum atomic E-state index is 12.8. The normalized spacial score (nSPS) is 26.2. The van der Waals surface area contributed by atoms with Gasteiger partial charge in [0, 0.05) is 11.8 Å². The maximum Gasteiger partial charge on any atom is 0.162 e. The first-order chi connectivity index (χ1) is 12.2. The van der Waals surface area contributed by atoms with E-state index in [1.165, 1.54) is 0 Å². The fourth-order valence-corrected chi connectivity index (χ4v) is 3.93. The minimum absolute atomic E-state index is 0.0543. The van der Waals surface area contributed by atoms with Gasteiger partial charge in [-0.15, -0.1) is 0 Å². The fraction of sp³-hybridized carbons (Fsp3) is 0.217. The molecule has 0 radical (unpaired) electrons. The summed E-state index contributed by atoms with van der Waals surface area (Å²) in [6.45, 7) is 0. The van der Waals surface area contributed by atoms with Crippen molar-refractivity contribution in [3.63, 3.8) is 0 Å². The first-order valence-electron chi connectivity index (χ1n) is 8.80. The number of benzene rings is 2. The molecule has 2 saturated carbocycles. The standard InChI is InChI=1S/C23H20O2/c24-22-18(11-16-7-3-1-4-8-16)13-20-15-21(22)14-19(23(20)25)12-17-9-5-2-6-10-17/h1-12,20-21H,13-15H2/b18-11+,19-12+. The molecular formula is C23H20O2. The van der Waals surface area contributed by atoms with Crippen molar-refractivity contribution in [2.75, 3.05) is 0 Å². The van der Waals surface area contributed by atoms with Crippen molar-refractivity contribution < 1.29 is 9.59 Å². The van der Waals surface area contributed by atoms with Crippen molar-refractivity contribution in [1.82, 2.24) is 0 Å². The Balaban J connectivity index is 1.62. The van der Waals surface area contributed by atoms with Crippen molar-refractivity contribution in [2.24, 2.45) is 11.8 Å². The van der Waals surface area contributed by atoms with Crippen LogP contribution in [-0.2, 0) is 9.59 Å². The smallest absolute Gasteiger partial charge is 0.162 e. The number of ketones is 2. The van der Waals surface area contributed by atoms with Crippen LogP contribution in [-0.4, -0.2) is 11.6 Å². The predicted molar refractivity (Wildman–Crippen MR) is 99.7 cm³/mol. The van der Waals surface area contributed by atoms with E-state index in [0.717, 1.165) is 22.3 Å². The topological polar surface area (TPSA) is 34.1 Å². The van der Waals surface area contributed by atoms with Gasteiger partial charge in [0.2, 0.25) is 0 Å². The third kappa shape index (κ3) is 3.25. The quantitative estimate of drug-likeness (QED) is 0.747. The van der Waals surface area contributed by atoms with E-state index in [9.17, 15) is 9.59 Å². The lowest BCUT2D eigenvalue weighted by Crippen LogP contribution is -2.37. The Hall–Kier alpha value is -2.74. The molecule has 0 spiro atoms. The lowest BCUT2D eigenvalue weighted by molar-refractivity contribution is -0.127. The van der Waals surface area contributed by atoms with E-state index in [4.69, 9.17) is 0 Å². The van der Waals surface area contributed by atoms with E-state index in [1.807, 2.05) is 72.8 Å². The van der Waals surface area contributed by atoms with Crippen LogP contribution >= 0.6 is 0 Å². The number of carbonyl (C=O) groups excluding carboxylic acids is 2. The molecule has 0 saturated heterocycles. The molecule has 0 aliphatic heterocycles. The highest BCUT2D eigenvalue weighted by Gasteiger charge is 2.41. The van der Waals surface area contributed by atoms with Crippen LogP contribution in [0.3, 0.4) is 0 Å². The molecule has 0 aromatic heterocycles. The third-order valence-electron chi connectivity index (χ3n) is 5.16. The van der Waals surface area contributed by atoms with Crippen LogP contribution in [0.15, 0.2) is 71.8 Å². The van der Waals surface area contributed by atoms with Gasteiger partial charge in [-0.2, -0.15) is 0 Å². The highest BCUT2D eigenvalue weighted by atomic mass is 16.1. The van der Waals surface area contributed by atoms with E-state index in [-0.39, 0.29) is 23.4 Å². The number of hydrogen-bond acceptors (Lipinski definition) is 2. The highest BCUT2D eigenvalue weighted by molar-refractivity contribution is 6.10. The van der Waals surface area contributed by atoms with Gasteiger partial charge in [-0.25, -0.2) is 0 Å². The van der Waals surface area contributed by atoms with Crippen molar-refractivity contribution in [2.45, 2.75) is 19.3 Å². The molecule has 4 rings (SSSR count). The largest absolute Gasteiger partial charge is 0.294 e. The van der Waals surface area contributed by atoms with Crippen LogP contribution in [0.2, 0.25) is 0 Å². The molecule has 2 unspecified atom stereocenters. The molecule has 2 aliphatic rings. The van der Waals surface area contributed by atoms with Gasteiger partial charge in [0.15, 0.2) is 11.6 Å². The Labute approximate surface area is 147 Å². The van der Waals surface area contributed by atoms with E-state index in [1.54, 1.807) is 0 Å². The molecule has 124 valence electrons. The Morgan fingerprint density at radius 1 is 0.640 bits per heavy atom. The Kier molecular flexibility index (Phi) is 4.19. The van der Waals surface area contributed by atoms with E-state index < -0.39 is 0 Å². The Bertz CT molecular complexity index is 786. The van der Waals surface area contributed by atoms with Crippen LogP contribution in [0.25, 0.3) is 12.2 Å². The maximum absolute atomic E-state index is 12.8. The molecule has 2 atom stereocenters. The minimum atomic E-state index is -0.0543. The molecule has 2 fully saturated rings. The summed E-state index contributed by atoms with van der Waals surface area (Å²) in [6.07, 6.45) is 5.75. The fourth-order valence-electron chi connectivity index (χ4n) is 3.93. The number of carbonyl (C=O) groups is 2. The zero-order chi connectivity index (χ0) is 17.2. The van der Waals surface area contributed by atoms with Gasteiger partial charge < -0.3 is 0 Å². The molecule has 2 aliphatic carbocycles. The number of fused-ring (bicyclic) bond motifs is 2. The van der Waals surface area contributed by atoms with Crippen LogP contribution in [0, 0.1) is 11.8 Å². The molecule has 0 heterocycles. The van der Waals surface area contributed by atoms with Gasteiger partial charge in [-0.1, -0.05) is 60.7 Å². The monoisotopic (exact) mass is 328 g/mol. The molecule has 2 heteroatoms. The molecule has 2 aromatic rings. The van der Waals surface area contributed by atoms with Crippen LogP contribution in [0.1, 0.15) is 30.4 Å². The number of rotatable bonds is 2. The van der Waals surface area contributed by atoms with E-state index >= 15 is 0 Å². The molecule has 2 bridgehead atoms. The molecular weight excluding hydrogens is 308 g/mol. The number of allylic oxidation sites excluding steroid dienone is 2. The SMILES string of the molecule is O=C1/C(=C/c2ccccc2)CC2CC1C/C(=C\c1ccccc1)C2=O. The van der Waals surface area contributed by atoms with Crippen molar-refractivity contribution in [3.05, 3.63) is 82.9 Å². The van der Waals surface area contributed by atoms with Crippen molar-refractivity contribution in [1.29, 1.82) is 0 Å². The molecule has 0 N–H and O–H groups in total. The second kappa shape index (κ2) is 6.64. The number of Topliss-reactive ketones (excluding diaryl/α,β-unsaturated/α-hetero) is 2. The average Bonchev–Trinajstić information content (AvgIpc) is 2.65. The van der Waals surface area contributed by atoms with Crippen molar-refractivity contribution >= 4 is 23.7 Å².